The number of aliphatic hydroxyl groups is 1. The van der Waals surface area contributed by atoms with E-state index in [0.29, 0.717) is 13.0 Å². The molecule has 1 saturated carbocycles. The number of fused-ring (bicyclic) bond motifs is 2. The van der Waals surface area contributed by atoms with Gasteiger partial charge in [0.05, 0.1) is 5.92 Å². The number of amides is 1. The number of nitrogens with zero attached hydrogens (tertiary/aromatic N) is 1. The number of nitrogens with one attached hydrogen (secondary N) is 1. The molecule has 2 N–H and O–H groups in total. The van der Waals surface area contributed by atoms with E-state index < -0.39 is 12.3 Å². The normalized spacial score (nSPS) is 47.8. The second kappa shape index (κ2) is 3.68. The minimum Gasteiger partial charge on any atom is -0.632 e. The summed E-state index contributed by atoms with van der Waals surface area (Å²) < 4.78 is 0. The molecule has 5 nitrogen and oxygen atoms in total. The third-order valence-electron chi connectivity index (χ3n) is 4.39. The van der Waals surface area contributed by atoms with Gasteiger partial charge in [-0.1, -0.05) is 6.42 Å². The minimum absolute atomic E-state index is 0.0807. The molecule has 4 unspecified atom stereocenters. The SMILES string of the molecule is O=C1C2CCCCC2[NH+]([O-])C2[C@@H](O)CCN12. The molecule has 3 aliphatic rings. The van der Waals surface area contributed by atoms with Gasteiger partial charge in [-0.05, 0) is 19.3 Å². The van der Waals surface area contributed by atoms with Gasteiger partial charge in [-0.15, -0.1) is 0 Å². The van der Waals surface area contributed by atoms with E-state index in [4.69, 9.17) is 0 Å². The van der Waals surface area contributed by atoms with E-state index in [-0.39, 0.29) is 22.9 Å². The van der Waals surface area contributed by atoms with Gasteiger partial charge in [-0.2, -0.15) is 0 Å². The van der Waals surface area contributed by atoms with Crippen molar-refractivity contribution in [2.45, 2.75) is 50.4 Å². The van der Waals surface area contributed by atoms with Crippen molar-refractivity contribution < 1.29 is 15.0 Å². The minimum atomic E-state index is -0.626. The van der Waals surface area contributed by atoms with Gasteiger partial charge in [-0.3, -0.25) is 9.69 Å². The van der Waals surface area contributed by atoms with Gasteiger partial charge < -0.3 is 15.4 Å². The zero-order valence-electron chi connectivity index (χ0n) is 9.26. The molecule has 90 valence electrons. The molecule has 5 atom stereocenters. The molecule has 0 aromatic heterocycles. The van der Waals surface area contributed by atoms with E-state index in [1.54, 1.807) is 4.90 Å². The molecule has 5 heteroatoms. The highest BCUT2D eigenvalue weighted by molar-refractivity contribution is 5.80. The predicted octanol–water partition coefficient (Wildman–Crippen LogP) is -1.14. The van der Waals surface area contributed by atoms with Crippen LogP contribution in [0.1, 0.15) is 32.1 Å². The number of carbonyl (C=O) groups is 1. The monoisotopic (exact) mass is 226 g/mol. The van der Waals surface area contributed by atoms with Crippen LogP contribution in [0.4, 0.5) is 0 Å². The molecule has 1 aliphatic carbocycles. The van der Waals surface area contributed by atoms with E-state index in [2.05, 4.69) is 0 Å². The second-order valence-corrected chi connectivity index (χ2v) is 5.23. The molecular formula is C11H18N2O3. The fourth-order valence-electron chi connectivity index (χ4n) is 3.57. The lowest BCUT2D eigenvalue weighted by Gasteiger charge is -2.50. The van der Waals surface area contributed by atoms with Crippen molar-refractivity contribution in [1.29, 1.82) is 0 Å². The van der Waals surface area contributed by atoms with E-state index in [9.17, 15) is 15.1 Å². The van der Waals surface area contributed by atoms with Crippen LogP contribution in [0, 0.1) is 11.1 Å². The number of rotatable bonds is 0. The van der Waals surface area contributed by atoms with E-state index in [1.807, 2.05) is 0 Å². The number of hydrogen-bond donors (Lipinski definition) is 2. The predicted molar refractivity (Wildman–Crippen MR) is 56.2 cm³/mol. The fourth-order valence-corrected chi connectivity index (χ4v) is 3.57. The van der Waals surface area contributed by atoms with Crippen LogP contribution in [0.15, 0.2) is 0 Å². The van der Waals surface area contributed by atoms with Crippen LogP contribution in [0.2, 0.25) is 0 Å². The van der Waals surface area contributed by atoms with E-state index in [0.717, 1.165) is 25.7 Å². The van der Waals surface area contributed by atoms with Crippen molar-refractivity contribution >= 4 is 5.91 Å². The molecule has 2 saturated heterocycles. The molecule has 1 amide bonds. The Balaban J connectivity index is 1.90. The van der Waals surface area contributed by atoms with Gasteiger partial charge in [-0.25, -0.2) is 0 Å². The Labute approximate surface area is 94.6 Å². The number of quaternary nitrogens is 1. The van der Waals surface area contributed by atoms with Gasteiger partial charge in [0.15, 0.2) is 6.17 Å². The highest BCUT2D eigenvalue weighted by Gasteiger charge is 2.52. The van der Waals surface area contributed by atoms with Crippen LogP contribution < -0.4 is 5.06 Å². The summed E-state index contributed by atoms with van der Waals surface area (Å²) in [5.41, 5.74) is 0. The highest BCUT2D eigenvalue weighted by Crippen LogP contribution is 2.30. The molecule has 0 aromatic carbocycles. The van der Waals surface area contributed by atoms with Crippen molar-refractivity contribution in [2.75, 3.05) is 6.54 Å². The number of carbonyl (C=O) groups excluding carboxylic acids is 1. The molecule has 0 radical (unpaired) electrons. The first kappa shape index (κ1) is 10.5. The van der Waals surface area contributed by atoms with E-state index in [1.165, 1.54) is 0 Å². The van der Waals surface area contributed by atoms with Crippen molar-refractivity contribution in [3.63, 3.8) is 0 Å². The van der Waals surface area contributed by atoms with Crippen molar-refractivity contribution in [3.05, 3.63) is 5.21 Å². The molecule has 0 spiro atoms. The van der Waals surface area contributed by atoms with Crippen LogP contribution in [0.3, 0.4) is 0 Å². The van der Waals surface area contributed by atoms with E-state index >= 15 is 0 Å². The Morgan fingerprint density at radius 2 is 2.06 bits per heavy atom. The third kappa shape index (κ3) is 1.31. The summed E-state index contributed by atoms with van der Waals surface area (Å²) in [6.45, 7) is 0.555. The lowest BCUT2D eigenvalue weighted by Crippen LogP contribution is -3.20. The smallest absolute Gasteiger partial charge is 0.236 e. The van der Waals surface area contributed by atoms with Gasteiger partial charge in [0.2, 0.25) is 5.91 Å². The third-order valence-corrected chi connectivity index (χ3v) is 4.39. The van der Waals surface area contributed by atoms with Crippen LogP contribution in [-0.2, 0) is 4.79 Å². The van der Waals surface area contributed by atoms with Crippen molar-refractivity contribution in [3.8, 4) is 0 Å². The summed E-state index contributed by atoms with van der Waals surface area (Å²) in [7, 11) is 0. The first-order valence-corrected chi connectivity index (χ1v) is 6.22. The summed E-state index contributed by atoms with van der Waals surface area (Å²) >= 11 is 0. The van der Waals surface area contributed by atoms with Crippen LogP contribution >= 0.6 is 0 Å². The quantitative estimate of drug-likeness (QED) is 0.513. The summed E-state index contributed by atoms with van der Waals surface area (Å²) in [6, 6.07) is -0.102. The van der Waals surface area contributed by atoms with Gasteiger partial charge in [0.1, 0.15) is 12.1 Å². The van der Waals surface area contributed by atoms with Crippen molar-refractivity contribution in [1.82, 2.24) is 4.90 Å². The average Bonchev–Trinajstić information content (AvgIpc) is 2.69. The lowest BCUT2D eigenvalue weighted by molar-refractivity contribution is -0.923. The average molecular weight is 226 g/mol. The Kier molecular flexibility index (Phi) is 2.42. The standard InChI is InChI=1S/C11H18N2O3/c14-9-5-6-12-10(9)13(16)8-4-2-1-3-7(8)11(12)15/h7-10,13-14H,1-6H2/t7?,8?,9-,10?/m0/s1. The first-order valence-electron chi connectivity index (χ1n) is 6.22. The summed E-state index contributed by atoms with van der Waals surface area (Å²) in [5.74, 6) is 0.0358. The molecule has 0 bridgehead atoms. The van der Waals surface area contributed by atoms with Gasteiger partial charge in [0.25, 0.3) is 0 Å². The molecule has 2 heterocycles. The zero-order chi connectivity index (χ0) is 11.3. The Morgan fingerprint density at radius 3 is 2.88 bits per heavy atom. The van der Waals surface area contributed by atoms with Crippen LogP contribution in [0.25, 0.3) is 0 Å². The maximum absolute atomic E-state index is 12.2. The molecule has 3 rings (SSSR count). The molecule has 16 heavy (non-hydrogen) atoms. The molecule has 2 aliphatic heterocycles. The van der Waals surface area contributed by atoms with Gasteiger partial charge in [0, 0.05) is 13.0 Å². The van der Waals surface area contributed by atoms with Crippen molar-refractivity contribution in [2.24, 2.45) is 5.92 Å². The van der Waals surface area contributed by atoms with Crippen LogP contribution in [0.5, 0.6) is 0 Å². The maximum atomic E-state index is 12.2. The highest BCUT2D eigenvalue weighted by atomic mass is 16.5. The molecular weight excluding hydrogens is 208 g/mol. The molecule has 3 fully saturated rings. The first-order chi connectivity index (χ1) is 7.70. The zero-order valence-corrected chi connectivity index (χ0v) is 9.26. The fraction of sp³-hybridized carbons (Fsp3) is 0.909. The number of hydroxylamine groups is 2. The summed E-state index contributed by atoms with van der Waals surface area (Å²) in [6.07, 6.45) is 3.21. The Hall–Kier alpha value is -0.650. The summed E-state index contributed by atoms with van der Waals surface area (Å²) in [4.78, 5) is 13.8. The summed E-state index contributed by atoms with van der Waals surface area (Å²) in [5, 5.41) is 22.2. The molecule has 0 aromatic rings. The second-order valence-electron chi connectivity index (χ2n) is 5.23. The van der Waals surface area contributed by atoms with Crippen LogP contribution in [-0.4, -0.2) is 40.8 Å². The lowest BCUT2D eigenvalue weighted by atomic mass is 9.81. The number of aliphatic hydroxyl groups excluding tert-OH is 1. The number of hydrogen-bond acceptors (Lipinski definition) is 3. The Bertz CT molecular complexity index is 304. The largest absolute Gasteiger partial charge is 0.632 e. The Morgan fingerprint density at radius 1 is 1.31 bits per heavy atom. The maximum Gasteiger partial charge on any atom is 0.236 e. The van der Waals surface area contributed by atoms with Gasteiger partial charge >= 0.3 is 0 Å². The topological polar surface area (TPSA) is 68.0 Å².